The largest absolute Gasteiger partial charge is 0.491 e. The second-order valence-corrected chi connectivity index (χ2v) is 5.00. The van der Waals surface area contributed by atoms with E-state index < -0.39 is 12.2 Å². The Balaban J connectivity index is 2.10. The average molecular weight is 284 g/mol. The number of hydrogen-bond donors (Lipinski definition) is 2. The van der Waals surface area contributed by atoms with E-state index in [4.69, 9.17) is 14.6 Å². The normalized spacial score (nSPS) is 19.1. The first-order valence-electron chi connectivity index (χ1n) is 7.07. The van der Waals surface area contributed by atoms with Crippen molar-refractivity contribution in [3.8, 4) is 11.5 Å². The summed E-state index contributed by atoms with van der Waals surface area (Å²) < 4.78 is 25.2. The first-order valence-corrected chi connectivity index (χ1v) is 7.07. The summed E-state index contributed by atoms with van der Waals surface area (Å²) in [6, 6.07) is 3.22. The van der Waals surface area contributed by atoms with Crippen LogP contribution in [-0.2, 0) is 6.42 Å². The number of hydrogen-bond acceptors (Lipinski definition) is 4. The quantitative estimate of drug-likeness (QED) is 0.785. The van der Waals surface area contributed by atoms with Gasteiger partial charge >= 0.3 is 0 Å². The maximum atomic E-state index is 14.3. The molecule has 0 radical (unpaired) electrons. The van der Waals surface area contributed by atoms with Crippen LogP contribution in [0.25, 0.3) is 0 Å². The van der Waals surface area contributed by atoms with Crippen molar-refractivity contribution in [2.75, 3.05) is 13.2 Å². The Kier molecular flexibility index (Phi) is 5.20. The molecule has 1 heterocycles. The number of aliphatic hydroxyl groups is 2. The number of benzene rings is 1. The van der Waals surface area contributed by atoms with E-state index in [1.165, 1.54) is 0 Å². The van der Waals surface area contributed by atoms with Crippen LogP contribution in [-0.4, -0.2) is 35.6 Å². The van der Waals surface area contributed by atoms with Gasteiger partial charge in [0.05, 0.1) is 13.2 Å². The Bertz CT molecular complexity index is 450. The van der Waals surface area contributed by atoms with Gasteiger partial charge in [0.25, 0.3) is 0 Å². The summed E-state index contributed by atoms with van der Waals surface area (Å²) in [5, 5.41) is 18.5. The van der Waals surface area contributed by atoms with E-state index in [9.17, 15) is 9.50 Å². The molecule has 1 aliphatic rings. The van der Waals surface area contributed by atoms with Gasteiger partial charge in [-0.25, -0.2) is 4.39 Å². The van der Waals surface area contributed by atoms with E-state index in [0.29, 0.717) is 30.8 Å². The summed E-state index contributed by atoms with van der Waals surface area (Å²) in [5.41, 5.74) is 0.486. The van der Waals surface area contributed by atoms with Crippen LogP contribution in [0.2, 0.25) is 0 Å². The van der Waals surface area contributed by atoms with Gasteiger partial charge in [0, 0.05) is 5.56 Å². The minimum Gasteiger partial charge on any atom is -0.491 e. The van der Waals surface area contributed by atoms with Gasteiger partial charge in [-0.15, -0.1) is 0 Å². The van der Waals surface area contributed by atoms with Gasteiger partial charge in [-0.1, -0.05) is 13.3 Å². The highest BCUT2D eigenvalue weighted by Crippen LogP contribution is 2.35. The summed E-state index contributed by atoms with van der Waals surface area (Å²) in [5.74, 6) is 0.298. The fourth-order valence-electron chi connectivity index (χ4n) is 2.26. The van der Waals surface area contributed by atoms with Crippen molar-refractivity contribution >= 4 is 0 Å². The van der Waals surface area contributed by atoms with E-state index in [1.54, 1.807) is 12.1 Å². The lowest BCUT2D eigenvalue weighted by atomic mass is 9.98. The summed E-state index contributed by atoms with van der Waals surface area (Å²) in [7, 11) is 0. The summed E-state index contributed by atoms with van der Waals surface area (Å²) in [4.78, 5) is 0. The number of aliphatic hydroxyl groups excluding tert-OH is 2. The van der Waals surface area contributed by atoms with Crippen molar-refractivity contribution < 1.29 is 24.1 Å². The molecule has 2 rings (SSSR count). The van der Waals surface area contributed by atoms with Gasteiger partial charge in [-0.3, -0.25) is 0 Å². The minimum atomic E-state index is -0.938. The SMILES string of the molecule is CCCCOc1ccc2c(c1F)CC[C@H]([C@@H](O)CO)O2. The average Bonchev–Trinajstić information content (AvgIpc) is 2.48. The molecule has 5 heteroatoms. The fourth-order valence-corrected chi connectivity index (χ4v) is 2.26. The van der Waals surface area contributed by atoms with Crippen LogP contribution in [0.5, 0.6) is 11.5 Å². The predicted octanol–water partition coefficient (Wildman–Crippen LogP) is 2.05. The summed E-state index contributed by atoms with van der Waals surface area (Å²) >= 11 is 0. The third-order valence-corrected chi connectivity index (χ3v) is 3.49. The van der Waals surface area contributed by atoms with Gasteiger partial charge in [-0.2, -0.15) is 0 Å². The standard InChI is InChI=1S/C15H21FO4/c1-2-3-8-19-14-7-6-12-10(15(14)16)4-5-13(20-12)11(18)9-17/h6-7,11,13,17-18H,2-5,8-9H2,1H3/t11-,13+/m0/s1. The van der Waals surface area contributed by atoms with Crippen LogP contribution in [0.4, 0.5) is 4.39 Å². The van der Waals surface area contributed by atoms with Gasteiger partial charge in [0.15, 0.2) is 11.6 Å². The number of rotatable bonds is 6. The Morgan fingerprint density at radius 3 is 3.00 bits per heavy atom. The van der Waals surface area contributed by atoms with Crippen molar-refractivity contribution in [3.05, 3.63) is 23.5 Å². The third-order valence-electron chi connectivity index (χ3n) is 3.49. The smallest absolute Gasteiger partial charge is 0.171 e. The Hall–Kier alpha value is -1.33. The number of ether oxygens (including phenoxy) is 2. The molecule has 1 aromatic rings. The second kappa shape index (κ2) is 6.90. The molecular formula is C15H21FO4. The zero-order chi connectivity index (χ0) is 14.5. The first kappa shape index (κ1) is 15.1. The Morgan fingerprint density at radius 2 is 2.30 bits per heavy atom. The molecule has 0 aliphatic carbocycles. The van der Waals surface area contributed by atoms with Gasteiger partial charge in [0.1, 0.15) is 18.0 Å². The lowest BCUT2D eigenvalue weighted by molar-refractivity contribution is -0.0101. The van der Waals surface area contributed by atoms with Crippen molar-refractivity contribution in [1.82, 2.24) is 0 Å². The molecule has 20 heavy (non-hydrogen) atoms. The number of fused-ring (bicyclic) bond motifs is 1. The molecule has 2 N–H and O–H groups in total. The zero-order valence-electron chi connectivity index (χ0n) is 11.6. The fraction of sp³-hybridized carbons (Fsp3) is 0.600. The van der Waals surface area contributed by atoms with Crippen LogP contribution < -0.4 is 9.47 Å². The van der Waals surface area contributed by atoms with E-state index >= 15 is 0 Å². The van der Waals surface area contributed by atoms with Crippen LogP contribution in [0, 0.1) is 5.82 Å². The molecule has 0 saturated carbocycles. The van der Waals surface area contributed by atoms with Crippen molar-refractivity contribution in [2.45, 2.75) is 44.8 Å². The predicted molar refractivity (Wildman–Crippen MR) is 72.6 cm³/mol. The molecule has 1 aliphatic heterocycles. The Labute approximate surface area is 118 Å². The summed E-state index contributed by atoms with van der Waals surface area (Å²) in [6.07, 6.45) is 1.40. The molecule has 1 aromatic carbocycles. The van der Waals surface area contributed by atoms with E-state index in [-0.39, 0.29) is 18.2 Å². The van der Waals surface area contributed by atoms with Gasteiger partial charge < -0.3 is 19.7 Å². The lowest BCUT2D eigenvalue weighted by Crippen LogP contribution is -2.37. The highest BCUT2D eigenvalue weighted by atomic mass is 19.1. The highest BCUT2D eigenvalue weighted by Gasteiger charge is 2.28. The van der Waals surface area contributed by atoms with E-state index in [2.05, 4.69) is 0 Å². The first-order chi connectivity index (χ1) is 9.67. The van der Waals surface area contributed by atoms with Crippen LogP contribution >= 0.6 is 0 Å². The topological polar surface area (TPSA) is 58.9 Å². The molecule has 0 bridgehead atoms. The molecule has 0 fully saturated rings. The lowest BCUT2D eigenvalue weighted by Gasteiger charge is -2.29. The van der Waals surface area contributed by atoms with Crippen LogP contribution in [0.1, 0.15) is 31.7 Å². The molecule has 0 saturated heterocycles. The third kappa shape index (κ3) is 3.22. The Morgan fingerprint density at radius 1 is 1.50 bits per heavy atom. The van der Waals surface area contributed by atoms with Gasteiger partial charge in [0.2, 0.25) is 0 Å². The van der Waals surface area contributed by atoms with Crippen LogP contribution in [0.3, 0.4) is 0 Å². The van der Waals surface area contributed by atoms with E-state index in [1.807, 2.05) is 6.92 Å². The zero-order valence-corrected chi connectivity index (χ0v) is 11.6. The number of unbranched alkanes of at least 4 members (excludes halogenated alkanes) is 1. The van der Waals surface area contributed by atoms with Crippen LogP contribution in [0.15, 0.2) is 12.1 Å². The summed E-state index contributed by atoms with van der Waals surface area (Å²) in [6.45, 7) is 2.19. The molecule has 0 amide bonds. The molecule has 0 unspecified atom stereocenters. The highest BCUT2D eigenvalue weighted by molar-refractivity contribution is 5.43. The van der Waals surface area contributed by atoms with Crippen molar-refractivity contribution in [2.24, 2.45) is 0 Å². The monoisotopic (exact) mass is 284 g/mol. The maximum Gasteiger partial charge on any atom is 0.171 e. The molecule has 0 spiro atoms. The molecular weight excluding hydrogens is 263 g/mol. The van der Waals surface area contributed by atoms with Gasteiger partial charge in [-0.05, 0) is 31.4 Å². The number of halogens is 1. The molecule has 112 valence electrons. The maximum absolute atomic E-state index is 14.3. The van der Waals surface area contributed by atoms with Crippen molar-refractivity contribution in [3.63, 3.8) is 0 Å². The van der Waals surface area contributed by atoms with Crippen molar-refractivity contribution in [1.29, 1.82) is 0 Å². The van der Waals surface area contributed by atoms with E-state index in [0.717, 1.165) is 12.8 Å². The minimum absolute atomic E-state index is 0.252. The molecule has 0 aromatic heterocycles. The molecule has 2 atom stereocenters. The molecule has 4 nitrogen and oxygen atoms in total. The second-order valence-electron chi connectivity index (χ2n) is 5.00.